The summed E-state index contributed by atoms with van der Waals surface area (Å²) in [5, 5.41) is 2.82. The smallest absolute Gasteiger partial charge is 0.262 e. The SMILES string of the molecule is CCOc1cc(C2C3=C(CC(C)(C)CC3=O)N(CC)C3=C2C(=O)CC(C)(C)C3)cc(Br)c1OCC(=O)Nc1ccccc1OC. The van der Waals surface area contributed by atoms with Gasteiger partial charge in [0.15, 0.2) is 29.7 Å². The van der Waals surface area contributed by atoms with Crippen LogP contribution >= 0.6 is 15.9 Å². The number of nitrogens with one attached hydrogen (secondary N) is 1. The van der Waals surface area contributed by atoms with Gasteiger partial charge in [0, 0.05) is 47.8 Å². The number of hydrogen-bond acceptors (Lipinski definition) is 7. The molecule has 0 fully saturated rings. The van der Waals surface area contributed by atoms with E-state index in [1.54, 1.807) is 19.2 Å². The maximum Gasteiger partial charge on any atom is 0.262 e. The zero-order chi connectivity index (χ0) is 32.7. The number of nitrogens with zero attached hydrogens (tertiary/aromatic N) is 1. The Balaban J connectivity index is 1.56. The minimum atomic E-state index is -0.511. The quantitative estimate of drug-likeness (QED) is 0.292. The molecule has 9 heteroatoms. The van der Waals surface area contributed by atoms with Crippen molar-refractivity contribution < 1.29 is 28.6 Å². The summed E-state index contributed by atoms with van der Waals surface area (Å²) in [6.07, 6.45) is 2.35. The van der Waals surface area contributed by atoms with Crippen molar-refractivity contribution >= 4 is 39.1 Å². The van der Waals surface area contributed by atoms with Crippen molar-refractivity contribution in [2.75, 3.05) is 32.2 Å². The molecule has 2 aliphatic carbocycles. The standard InChI is InChI=1S/C36H43BrN2O6/c1-8-39-24-16-35(3,4)18-26(40)32(24)31(33-25(39)17-36(5,6)19-27(33)41)21-14-22(37)34(29(15-21)44-9-2)45-20-30(42)38-23-12-10-11-13-28(23)43-7/h10-15,31H,8-9,16-20H2,1-7H3,(H,38,42). The molecule has 45 heavy (non-hydrogen) atoms. The molecule has 0 unspecified atom stereocenters. The fourth-order valence-electron chi connectivity index (χ4n) is 6.99. The molecule has 2 aromatic rings. The Labute approximate surface area is 274 Å². The van der Waals surface area contributed by atoms with Crippen LogP contribution in [0.15, 0.2) is 63.4 Å². The number of allylic oxidation sites excluding steroid dienone is 4. The van der Waals surface area contributed by atoms with E-state index in [0.29, 0.717) is 64.5 Å². The summed E-state index contributed by atoms with van der Waals surface area (Å²) >= 11 is 3.67. The highest BCUT2D eigenvalue weighted by Crippen LogP contribution is 2.55. The summed E-state index contributed by atoms with van der Waals surface area (Å²) in [6.45, 7) is 13.3. The van der Waals surface area contributed by atoms with Crippen molar-refractivity contribution in [3.8, 4) is 17.2 Å². The Morgan fingerprint density at radius 1 is 0.911 bits per heavy atom. The van der Waals surface area contributed by atoms with E-state index in [0.717, 1.165) is 29.8 Å². The minimum absolute atomic E-state index is 0.0799. The van der Waals surface area contributed by atoms with Gasteiger partial charge in [0.2, 0.25) is 0 Å². The number of anilines is 1. The number of halogens is 1. The molecule has 5 rings (SSSR count). The molecule has 0 spiro atoms. The minimum Gasteiger partial charge on any atom is -0.495 e. The first-order chi connectivity index (χ1) is 21.3. The Morgan fingerprint density at radius 2 is 1.51 bits per heavy atom. The summed E-state index contributed by atoms with van der Waals surface area (Å²) < 4.78 is 18.0. The van der Waals surface area contributed by atoms with E-state index >= 15 is 0 Å². The lowest BCUT2D eigenvalue weighted by atomic mass is 9.63. The van der Waals surface area contributed by atoms with Crippen molar-refractivity contribution in [3.05, 3.63) is 69.0 Å². The van der Waals surface area contributed by atoms with Crippen molar-refractivity contribution in [3.63, 3.8) is 0 Å². The van der Waals surface area contributed by atoms with Crippen LogP contribution in [0.5, 0.6) is 17.2 Å². The maximum absolute atomic E-state index is 14.0. The van der Waals surface area contributed by atoms with Gasteiger partial charge in [-0.3, -0.25) is 14.4 Å². The lowest BCUT2D eigenvalue weighted by Crippen LogP contribution is -2.44. The van der Waals surface area contributed by atoms with Gasteiger partial charge in [-0.2, -0.15) is 0 Å². The molecule has 1 heterocycles. The van der Waals surface area contributed by atoms with E-state index in [1.807, 2.05) is 31.2 Å². The van der Waals surface area contributed by atoms with E-state index in [2.05, 4.69) is 60.8 Å². The summed E-state index contributed by atoms with van der Waals surface area (Å²) in [4.78, 5) is 43.1. The average molecular weight is 680 g/mol. The first-order valence-electron chi connectivity index (χ1n) is 15.6. The van der Waals surface area contributed by atoms with Crippen LogP contribution in [-0.4, -0.2) is 49.2 Å². The second-order valence-corrected chi connectivity index (χ2v) is 14.4. The fraction of sp³-hybridized carbons (Fsp3) is 0.472. The summed E-state index contributed by atoms with van der Waals surface area (Å²) in [5.74, 6) is 0.638. The molecule has 1 N–H and O–H groups in total. The Kier molecular flexibility index (Phi) is 9.23. The van der Waals surface area contributed by atoms with Gasteiger partial charge in [-0.15, -0.1) is 0 Å². The molecule has 0 saturated heterocycles. The predicted molar refractivity (Wildman–Crippen MR) is 178 cm³/mol. The fourth-order valence-corrected chi connectivity index (χ4v) is 7.57. The number of para-hydroxylation sites is 2. The molecule has 3 aliphatic rings. The summed E-state index contributed by atoms with van der Waals surface area (Å²) in [6, 6.07) is 10.9. The van der Waals surface area contributed by atoms with Gasteiger partial charge in [-0.05, 0) is 83.3 Å². The number of ketones is 2. The molecule has 0 saturated carbocycles. The Hall–Kier alpha value is -3.59. The number of carbonyl (C=O) groups is 3. The molecule has 0 radical (unpaired) electrons. The van der Waals surface area contributed by atoms with Gasteiger partial charge in [0.05, 0.1) is 23.9 Å². The second-order valence-electron chi connectivity index (χ2n) is 13.6. The lowest BCUT2D eigenvalue weighted by molar-refractivity contribution is -0.120. The van der Waals surface area contributed by atoms with Crippen molar-refractivity contribution in [2.45, 2.75) is 73.1 Å². The molecule has 1 aliphatic heterocycles. The highest BCUT2D eigenvalue weighted by Gasteiger charge is 2.48. The number of carbonyl (C=O) groups excluding carboxylic acids is 3. The highest BCUT2D eigenvalue weighted by atomic mass is 79.9. The van der Waals surface area contributed by atoms with Gasteiger partial charge in [0.25, 0.3) is 5.91 Å². The van der Waals surface area contributed by atoms with Crippen LogP contribution in [0, 0.1) is 10.8 Å². The predicted octanol–water partition coefficient (Wildman–Crippen LogP) is 7.58. The molecular weight excluding hydrogens is 636 g/mol. The highest BCUT2D eigenvalue weighted by molar-refractivity contribution is 9.10. The molecule has 2 aromatic carbocycles. The van der Waals surface area contributed by atoms with Crippen LogP contribution in [0.25, 0.3) is 0 Å². The van der Waals surface area contributed by atoms with Crippen LogP contribution < -0.4 is 19.5 Å². The largest absolute Gasteiger partial charge is 0.495 e. The normalized spacial score (nSPS) is 19.2. The Bertz CT molecular complexity index is 1550. The zero-order valence-electron chi connectivity index (χ0n) is 27.3. The second kappa shape index (κ2) is 12.7. The molecule has 1 amide bonds. The molecule has 0 bridgehead atoms. The van der Waals surface area contributed by atoms with Crippen LogP contribution in [-0.2, 0) is 14.4 Å². The number of rotatable bonds is 9. The number of ether oxygens (including phenoxy) is 3. The van der Waals surface area contributed by atoms with Gasteiger partial charge in [0.1, 0.15) is 5.75 Å². The monoisotopic (exact) mass is 678 g/mol. The third kappa shape index (κ3) is 6.55. The molecule has 240 valence electrons. The van der Waals surface area contributed by atoms with Gasteiger partial charge in [-0.1, -0.05) is 39.8 Å². The molecular formula is C36H43BrN2O6. The summed E-state index contributed by atoms with van der Waals surface area (Å²) in [7, 11) is 1.54. The number of benzene rings is 2. The maximum atomic E-state index is 14.0. The van der Waals surface area contributed by atoms with Crippen LogP contribution in [0.1, 0.15) is 78.7 Å². The first kappa shape index (κ1) is 32.8. The summed E-state index contributed by atoms with van der Waals surface area (Å²) in [5.41, 5.74) is 4.43. The molecule has 0 atom stereocenters. The van der Waals surface area contributed by atoms with E-state index in [9.17, 15) is 14.4 Å². The van der Waals surface area contributed by atoms with Crippen molar-refractivity contribution in [2.24, 2.45) is 10.8 Å². The van der Waals surface area contributed by atoms with Gasteiger partial charge < -0.3 is 24.4 Å². The third-order valence-electron chi connectivity index (χ3n) is 8.73. The number of methoxy groups -OCH3 is 1. The Morgan fingerprint density at radius 3 is 2.07 bits per heavy atom. The van der Waals surface area contributed by atoms with E-state index in [4.69, 9.17) is 14.2 Å². The first-order valence-corrected chi connectivity index (χ1v) is 16.4. The van der Waals surface area contributed by atoms with E-state index < -0.39 is 5.92 Å². The van der Waals surface area contributed by atoms with Crippen LogP contribution in [0.4, 0.5) is 5.69 Å². The molecule has 8 nitrogen and oxygen atoms in total. The average Bonchev–Trinajstić information content (AvgIpc) is 2.94. The van der Waals surface area contributed by atoms with Gasteiger partial charge >= 0.3 is 0 Å². The number of Topliss-reactive ketones (excluding diaryl/α,β-unsaturated/α-hetero) is 2. The van der Waals surface area contributed by atoms with Crippen LogP contribution in [0.3, 0.4) is 0 Å². The van der Waals surface area contributed by atoms with Crippen molar-refractivity contribution in [1.82, 2.24) is 4.90 Å². The van der Waals surface area contributed by atoms with E-state index in [-0.39, 0.29) is 34.9 Å². The molecule has 0 aromatic heterocycles. The topological polar surface area (TPSA) is 94.2 Å². The van der Waals surface area contributed by atoms with E-state index in [1.165, 1.54) is 0 Å². The number of amides is 1. The number of hydrogen-bond donors (Lipinski definition) is 1. The third-order valence-corrected chi connectivity index (χ3v) is 9.32. The van der Waals surface area contributed by atoms with Crippen LogP contribution in [0.2, 0.25) is 0 Å². The zero-order valence-corrected chi connectivity index (χ0v) is 28.9. The lowest BCUT2D eigenvalue weighted by Gasteiger charge is -2.49. The van der Waals surface area contributed by atoms with Gasteiger partial charge in [-0.25, -0.2) is 0 Å². The van der Waals surface area contributed by atoms with Crippen molar-refractivity contribution in [1.29, 1.82) is 0 Å².